The highest BCUT2D eigenvalue weighted by molar-refractivity contribution is 5.95. The van der Waals surface area contributed by atoms with Gasteiger partial charge in [0, 0.05) is 42.5 Å². The Bertz CT molecular complexity index is 814. The lowest BCUT2D eigenvalue weighted by Gasteiger charge is -2.19. The first-order valence-electron chi connectivity index (χ1n) is 9.65. The van der Waals surface area contributed by atoms with Crippen LogP contribution in [-0.4, -0.2) is 38.1 Å². The largest absolute Gasteiger partial charge is 0.497 e. The first-order chi connectivity index (χ1) is 13.5. The second kappa shape index (κ2) is 9.26. The summed E-state index contributed by atoms with van der Waals surface area (Å²) < 4.78 is 5.09. The van der Waals surface area contributed by atoms with E-state index in [0.29, 0.717) is 11.3 Å². The molecule has 6 nitrogen and oxygen atoms in total. The van der Waals surface area contributed by atoms with Gasteiger partial charge >= 0.3 is 0 Å². The second-order valence-corrected chi connectivity index (χ2v) is 7.10. The van der Waals surface area contributed by atoms with Crippen LogP contribution in [0.25, 0.3) is 0 Å². The lowest BCUT2D eigenvalue weighted by molar-refractivity contribution is -0.116. The van der Waals surface area contributed by atoms with Gasteiger partial charge in [0.1, 0.15) is 5.75 Å². The fraction of sp³-hybridized carbons (Fsp3) is 0.364. The van der Waals surface area contributed by atoms with Crippen LogP contribution >= 0.6 is 0 Å². The lowest BCUT2D eigenvalue weighted by Crippen LogP contribution is -2.35. The summed E-state index contributed by atoms with van der Waals surface area (Å²) in [7, 11) is 1.58. The van der Waals surface area contributed by atoms with Crippen molar-refractivity contribution in [3.63, 3.8) is 0 Å². The number of nitrogens with one attached hydrogen (secondary N) is 2. The molecule has 0 aromatic heterocycles. The monoisotopic (exact) mass is 381 g/mol. The van der Waals surface area contributed by atoms with Crippen LogP contribution in [0.2, 0.25) is 0 Å². The maximum Gasteiger partial charge on any atom is 0.251 e. The van der Waals surface area contributed by atoms with E-state index >= 15 is 0 Å². The second-order valence-electron chi connectivity index (χ2n) is 7.10. The maximum atomic E-state index is 12.4. The standard InChI is InChI=1S/C22H27N3O3/c1-16(23-22(27)17-8-10-20(28-2)11-9-17)14-21(26)24-18-6-5-7-19(15-18)25-12-3-4-13-25/h5-11,15-16H,3-4,12-14H2,1-2H3,(H,23,27)(H,24,26). The van der Waals surface area contributed by atoms with E-state index in [1.807, 2.05) is 25.1 Å². The Labute approximate surface area is 165 Å². The molecular formula is C22H27N3O3. The summed E-state index contributed by atoms with van der Waals surface area (Å²) in [5.74, 6) is 0.361. The molecule has 1 unspecified atom stereocenters. The van der Waals surface area contributed by atoms with Gasteiger partial charge in [0.2, 0.25) is 5.91 Å². The topological polar surface area (TPSA) is 70.7 Å². The summed E-state index contributed by atoms with van der Waals surface area (Å²) in [6.45, 7) is 3.94. The molecule has 3 rings (SSSR count). The van der Waals surface area contributed by atoms with Crippen LogP contribution in [0.4, 0.5) is 11.4 Å². The van der Waals surface area contributed by atoms with Gasteiger partial charge in [-0.1, -0.05) is 6.07 Å². The Morgan fingerprint density at radius 3 is 2.50 bits per heavy atom. The number of hydrogen-bond acceptors (Lipinski definition) is 4. The molecule has 0 aliphatic carbocycles. The van der Waals surface area contributed by atoms with Crippen LogP contribution in [-0.2, 0) is 4.79 Å². The Morgan fingerprint density at radius 2 is 1.82 bits per heavy atom. The molecule has 0 saturated carbocycles. The molecule has 1 fully saturated rings. The lowest BCUT2D eigenvalue weighted by atomic mass is 10.1. The molecule has 0 spiro atoms. The summed E-state index contributed by atoms with van der Waals surface area (Å²) in [5, 5.41) is 5.79. The van der Waals surface area contributed by atoms with E-state index in [9.17, 15) is 9.59 Å². The van der Waals surface area contributed by atoms with E-state index in [1.165, 1.54) is 12.8 Å². The molecule has 2 N–H and O–H groups in total. The summed E-state index contributed by atoms with van der Waals surface area (Å²) in [4.78, 5) is 27.0. The molecule has 0 bridgehead atoms. The van der Waals surface area contributed by atoms with Crippen LogP contribution in [0.5, 0.6) is 5.75 Å². The van der Waals surface area contributed by atoms with Gasteiger partial charge in [0.05, 0.1) is 7.11 Å². The van der Waals surface area contributed by atoms with Crippen molar-refractivity contribution in [2.75, 3.05) is 30.4 Å². The molecule has 1 saturated heterocycles. The maximum absolute atomic E-state index is 12.4. The number of carbonyl (C=O) groups excluding carboxylic acids is 2. The minimum atomic E-state index is -0.281. The number of hydrogen-bond donors (Lipinski definition) is 2. The van der Waals surface area contributed by atoms with Crippen LogP contribution in [0.1, 0.15) is 36.5 Å². The molecule has 2 aromatic carbocycles. The van der Waals surface area contributed by atoms with Gasteiger partial charge in [-0.25, -0.2) is 0 Å². The zero-order valence-electron chi connectivity index (χ0n) is 16.4. The normalized spacial score (nSPS) is 14.4. The van der Waals surface area contributed by atoms with E-state index in [-0.39, 0.29) is 24.3 Å². The van der Waals surface area contributed by atoms with Gasteiger partial charge in [-0.2, -0.15) is 0 Å². The fourth-order valence-electron chi connectivity index (χ4n) is 3.35. The molecule has 2 amide bonds. The van der Waals surface area contributed by atoms with Crippen molar-refractivity contribution in [2.45, 2.75) is 32.2 Å². The van der Waals surface area contributed by atoms with E-state index in [2.05, 4.69) is 21.6 Å². The van der Waals surface area contributed by atoms with E-state index in [0.717, 1.165) is 24.5 Å². The van der Waals surface area contributed by atoms with Gasteiger partial charge in [-0.15, -0.1) is 0 Å². The number of rotatable bonds is 7. The number of nitrogens with zero attached hydrogens (tertiary/aromatic N) is 1. The SMILES string of the molecule is COc1ccc(C(=O)NC(C)CC(=O)Nc2cccc(N3CCCC3)c2)cc1. The number of amides is 2. The first-order valence-corrected chi connectivity index (χ1v) is 9.65. The summed E-state index contributed by atoms with van der Waals surface area (Å²) in [5.41, 5.74) is 2.45. The van der Waals surface area contributed by atoms with Gasteiger partial charge in [0.15, 0.2) is 0 Å². The zero-order chi connectivity index (χ0) is 19.9. The van der Waals surface area contributed by atoms with E-state index in [1.54, 1.807) is 31.4 Å². The molecule has 28 heavy (non-hydrogen) atoms. The summed E-state index contributed by atoms with van der Waals surface area (Å²) >= 11 is 0. The Hall–Kier alpha value is -3.02. The van der Waals surface area contributed by atoms with Crippen molar-refractivity contribution >= 4 is 23.2 Å². The molecule has 0 radical (unpaired) electrons. The first kappa shape index (κ1) is 19.7. The van der Waals surface area contributed by atoms with Crippen LogP contribution in [0, 0.1) is 0 Å². The Balaban J connectivity index is 1.51. The third-order valence-corrected chi connectivity index (χ3v) is 4.82. The molecule has 1 heterocycles. The average molecular weight is 381 g/mol. The molecule has 6 heteroatoms. The summed E-state index contributed by atoms with van der Waals surface area (Å²) in [6, 6.07) is 14.5. The van der Waals surface area contributed by atoms with Crippen molar-refractivity contribution in [3.8, 4) is 5.75 Å². The number of methoxy groups -OCH3 is 1. The van der Waals surface area contributed by atoms with Gasteiger partial charge in [-0.05, 0) is 62.2 Å². The molecule has 1 aliphatic heterocycles. The number of carbonyl (C=O) groups is 2. The van der Waals surface area contributed by atoms with Crippen molar-refractivity contribution in [1.82, 2.24) is 5.32 Å². The van der Waals surface area contributed by atoms with Gasteiger partial charge in [-0.3, -0.25) is 9.59 Å². The number of ether oxygens (including phenoxy) is 1. The highest BCUT2D eigenvalue weighted by Gasteiger charge is 2.15. The molecule has 148 valence electrons. The molecule has 1 atom stereocenters. The third kappa shape index (κ3) is 5.25. The van der Waals surface area contributed by atoms with Crippen molar-refractivity contribution in [1.29, 1.82) is 0 Å². The summed E-state index contributed by atoms with van der Waals surface area (Å²) in [6.07, 6.45) is 2.62. The number of benzene rings is 2. The third-order valence-electron chi connectivity index (χ3n) is 4.82. The Morgan fingerprint density at radius 1 is 1.11 bits per heavy atom. The van der Waals surface area contributed by atoms with Crippen molar-refractivity contribution < 1.29 is 14.3 Å². The molecule has 1 aliphatic rings. The van der Waals surface area contributed by atoms with Crippen LogP contribution < -0.4 is 20.3 Å². The quantitative estimate of drug-likeness (QED) is 0.771. The Kier molecular flexibility index (Phi) is 6.53. The van der Waals surface area contributed by atoms with Gasteiger partial charge in [0.25, 0.3) is 5.91 Å². The zero-order valence-corrected chi connectivity index (χ0v) is 16.4. The molecular weight excluding hydrogens is 354 g/mol. The van der Waals surface area contributed by atoms with E-state index < -0.39 is 0 Å². The minimum absolute atomic E-state index is 0.124. The average Bonchev–Trinajstić information content (AvgIpc) is 3.23. The predicted molar refractivity (Wildman–Crippen MR) is 111 cm³/mol. The highest BCUT2D eigenvalue weighted by atomic mass is 16.5. The smallest absolute Gasteiger partial charge is 0.251 e. The van der Waals surface area contributed by atoms with Gasteiger partial charge < -0.3 is 20.3 Å². The van der Waals surface area contributed by atoms with Crippen LogP contribution in [0.3, 0.4) is 0 Å². The van der Waals surface area contributed by atoms with Crippen molar-refractivity contribution in [3.05, 3.63) is 54.1 Å². The minimum Gasteiger partial charge on any atom is -0.497 e. The van der Waals surface area contributed by atoms with Crippen molar-refractivity contribution in [2.24, 2.45) is 0 Å². The molecule has 2 aromatic rings. The van der Waals surface area contributed by atoms with Crippen LogP contribution in [0.15, 0.2) is 48.5 Å². The predicted octanol–water partition coefficient (Wildman–Crippen LogP) is 3.44. The van der Waals surface area contributed by atoms with E-state index in [4.69, 9.17) is 4.74 Å². The number of anilines is 2. The highest BCUT2D eigenvalue weighted by Crippen LogP contribution is 2.23. The fourth-order valence-corrected chi connectivity index (χ4v) is 3.35.